The zero-order chi connectivity index (χ0) is 11.6. The standard InChI is InChI=1S/C7H6F5N3/c1-15(3-7(10,11)12)5-2-4(8)13-6(9)14-5/h2H,3H2,1H3. The first-order chi connectivity index (χ1) is 6.78. The van der Waals surface area contributed by atoms with E-state index in [1.54, 1.807) is 0 Å². The number of aromatic nitrogens is 2. The van der Waals surface area contributed by atoms with Gasteiger partial charge in [-0.2, -0.15) is 31.9 Å². The van der Waals surface area contributed by atoms with Gasteiger partial charge in [-0.15, -0.1) is 0 Å². The summed E-state index contributed by atoms with van der Waals surface area (Å²) in [5.41, 5.74) is 0. The molecule has 0 spiro atoms. The Labute approximate surface area is 81.6 Å². The Hall–Kier alpha value is -1.47. The Morgan fingerprint density at radius 3 is 2.33 bits per heavy atom. The minimum Gasteiger partial charge on any atom is -0.350 e. The van der Waals surface area contributed by atoms with Crippen LogP contribution in [0.1, 0.15) is 0 Å². The van der Waals surface area contributed by atoms with Crippen molar-refractivity contribution in [2.45, 2.75) is 6.18 Å². The number of alkyl halides is 3. The summed E-state index contributed by atoms with van der Waals surface area (Å²) >= 11 is 0. The molecule has 1 aromatic rings. The second-order valence-electron chi connectivity index (χ2n) is 2.79. The Morgan fingerprint density at radius 2 is 1.87 bits per heavy atom. The maximum atomic E-state index is 12.5. The maximum Gasteiger partial charge on any atom is 0.405 e. The third-order valence-corrected chi connectivity index (χ3v) is 1.46. The molecular formula is C7H6F5N3. The monoisotopic (exact) mass is 227 g/mol. The summed E-state index contributed by atoms with van der Waals surface area (Å²) in [4.78, 5) is 6.26. The average molecular weight is 227 g/mol. The summed E-state index contributed by atoms with van der Waals surface area (Å²) in [5, 5.41) is 0. The van der Waals surface area contributed by atoms with E-state index in [4.69, 9.17) is 0 Å². The average Bonchev–Trinajstić information content (AvgIpc) is 1.98. The molecule has 0 fully saturated rings. The molecular weight excluding hydrogens is 221 g/mol. The van der Waals surface area contributed by atoms with Crippen LogP contribution in [0.2, 0.25) is 0 Å². The second kappa shape index (κ2) is 3.95. The lowest BCUT2D eigenvalue weighted by molar-refractivity contribution is -0.119. The molecule has 15 heavy (non-hydrogen) atoms. The lowest BCUT2D eigenvalue weighted by Crippen LogP contribution is -2.31. The van der Waals surface area contributed by atoms with Gasteiger partial charge in [0.25, 0.3) is 0 Å². The zero-order valence-electron chi connectivity index (χ0n) is 7.52. The highest BCUT2D eigenvalue weighted by Gasteiger charge is 2.30. The molecule has 0 bridgehead atoms. The SMILES string of the molecule is CN(CC(F)(F)F)c1cc(F)nc(F)n1. The van der Waals surface area contributed by atoms with Crippen molar-refractivity contribution in [1.82, 2.24) is 9.97 Å². The topological polar surface area (TPSA) is 29.0 Å². The van der Waals surface area contributed by atoms with Gasteiger partial charge in [0.05, 0.1) is 0 Å². The Balaban J connectivity index is 2.86. The highest BCUT2D eigenvalue weighted by molar-refractivity contribution is 5.35. The summed E-state index contributed by atoms with van der Waals surface area (Å²) in [6.07, 6.45) is -5.87. The minimum atomic E-state index is -4.47. The van der Waals surface area contributed by atoms with Crippen molar-refractivity contribution in [3.63, 3.8) is 0 Å². The molecule has 0 N–H and O–H groups in total. The van der Waals surface area contributed by atoms with Crippen LogP contribution in [-0.4, -0.2) is 29.7 Å². The normalized spacial score (nSPS) is 11.6. The van der Waals surface area contributed by atoms with Gasteiger partial charge >= 0.3 is 12.3 Å². The van der Waals surface area contributed by atoms with Gasteiger partial charge in [0.2, 0.25) is 5.95 Å². The minimum absolute atomic E-state index is 0.461. The van der Waals surface area contributed by atoms with E-state index in [0.29, 0.717) is 11.0 Å². The van der Waals surface area contributed by atoms with Crippen LogP contribution in [-0.2, 0) is 0 Å². The molecule has 0 amide bonds. The van der Waals surface area contributed by atoms with Gasteiger partial charge in [-0.1, -0.05) is 0 Å². The first-order valence-electron chi connectivity index (χ1n) is 3.76. The van der Waals surface area contributed by atoms with Crippen LogP contribution in [0.25, 0.3) is 0 Å². The lowest BCUT2D eigenvalue weighted by atomic mass is 10.5. The van der Waals surface area contributed by atoms with Crippen LogP contribution in [0.4, 0.5) is 27.8 Å². The first kappa shape index (κ1) is 11.6. The molecule has 0 atom stereocenters. The van der Waals surface area contributed by atoms with Crippen LogP contribution in [0.3, 0.4) is 0 Å². The predicted octanol–water partition coefficient (Wildman–Crippen LogP) is 1.75. The third kappa shape index (κ3) is 3.64. The second-order valence-corrected chi connectivity index (χ2v) is 2.79. The molecule has 0 saturated carbocycles. The molecule has 0 aromatic carbocycles. The van der Waals surface area contributed by atoms with Crippen molar-refractivity contribution in [2.75, 3.05) is 18.5 Å². The van der Waals surface area contributed by atoms with E-state index in [1.807, 2.05) is 0 Å². The van der Waals surface area contributed by atoms with E-state index in [-0.39, 0.29) is 0 Å². The molecule has 0 unspecified atom stereocenters. The Bertz CT molecular complexity index is 331. The van der Waals surface area contributed by atoms with E-state index >= 15 is 0 Å². The summed E-state index contributed by atoms with van der Waals surface area (Å²) in [7, 11) is 1.02. The van der Waals surface area contributed by atoms with E-state index in [1.165, 1.54) is 0 Å². The number of hydrogen-bond donors (Lipinski definition) is 0. The lowest BCUT2D eigenvalue weighted by Gasteiger charge is -2.19. The molecule has 8 heteroatoms. The van der Waals surface area contributed by atoms with Crippen molar-refractivity contribution < 1.29 is 22.0 Å². The van der Waals surface area contributed by atoms with Crippen LogP contribution >= 0.6 is 0 Å². The maximum absolute atomic E-state index is 12.5. The molecule has 1 aromatic heterocycles. The van der Waals surface area contributed by atoms with Crippen molar-refractivity contribution in [3.05, 3.63) is 18.1 Å². The number of anilines is 1. The van der Waals surface area contributed by atoms with Gasteiger partial charge < -0.3 is 4.90 Å². The summed E-state index contributed by atoms with van der Waals surface area (Å²) < 4.78 is 60.7. The number of nitrogens with zero attached hydrogens (tertiary/aromatic N) is 3. The fourth-order valence-corrected chi connectivity index (χ4v) is 0.924. The van der Waals surface area contributed by atoms with Crippen molar-refractivity contribution in [2.24, 2.45) is 0 Å². The Kier molecular flexibility index (Phi) is 3.06. The largest absolute Gasteiger partial charge is 0.405 e. The number of hydrogen-bond acceptors (Lipinski definition) is 3. The van der Waals surface area contributed by atoms with Crippen LogP contribution in [0, 0.1) is 12.0 Å². The fourth-order valence-electron chi connectivity index (χ4n) is 0.924. The third-order valence-electron chi connectivity index (χ3n) is 1.46. The molecule has 0 aliphatic rings. The van der Waals surface area contributed by atoms with E-state index in [2.05, 4.69) is 9.97 Å². The number of rotatable bonds is 2. The van der Waals surface area contributed by atoms with Crippen molar-refractivity contribution >= 4 is 5.82 Å². The smallest absolute Gasteiger partial charge is 0.350 e. The molecule has 3 nitrogen and oxygen atoms in total. The Morgan fingerprint density at radius 1 is 1.27 bits per heavy atom. The zero-order valence-corrected chi connectivity index (χ0v) is 7.52. The highest BCUT2D eigenvalue weighted by atomic mass is 19.4. The predicted molar refractivity (Wildman–Crippen MR) is 41.3 cm³/mol. The van der Waals surface area contributed by atoms with Gasteiger partial charge in [0, 0.05) is 13.1 Å². The summed E-state index contributed by atoms with van der Waals surface area (Å²) in [5.74, 6) is -1.68. The van der Waals surface area contributed by atoms with E-state index in [9.17, 15) is 22.0 Å². The first-order valence-corrected chi connectivity index (χ1v) is 3.76. The molecule has 84 valence electrons. The van der Waals surface area contributed by atoms with Crippen LogP contribution in [0.15, 0.2) is 6.07 Å². The van der Waals surface area contributed by atoms with Gasteiger partial charge in [-0.05, 0) is 0 Å². The van der Waals surface area contributed by atoms with Crippen LogP contribution < -0.4 is 4.90 Å². The van der Waals surface area contributed by atoms with Gasteiger partial charge in [0.15, 0.2) is 0 Å². The highest BCUT2D eigenvalue weighted by Crippen LogP contribution is 2.19. The molecule has 1 heterocycles. The van der Waals surface area contributed by atoms with Gasteiger partial charge in [-0.3, -0.25) is 0 Å². The quantitative estimate of drug-likeness (QED) is 0.438. The van der Waals surface area contributed by atoms with Crippen LogP contribution in [0.5, 0.6) is 0 Å². The van der Waals surface area contributed by atoms with Crippen molar-refractivity contribution in [1.29, 1.82) is 0 Å². The van der Waals surface area contributed by atoms with E-state index < -0.39 is 30.6 Å². The molecule has 0 saturated heterocycles. The van der Waals surface area contributed by atoms with Gasteiger partial charge in [-0.25, -0.2) is 0 Å². The molecule has 0 aliphatic heterocycles. The summed E-state index contributed by atoms with van der Waals surface area (Å²) in [6, 6.07) is 0.620. The molecule has 0 radical (unpaired) electrons. The molecule has 0 aliphatic carbocycles. The van der Waals surface area contributed by atoms with E-state index in [0.717, 1.165) is 7.05 Å². The summed E-state index contributed by atoms with van der Waals surface area (Å²) in [6.45, 7) is -1.34. The fraction of sp³-hybridized carbons (Fsp3) is 0.429. The number of halogens is 5. The van der Waals surface area contributed by atoms with Crippen molar-refractivity contribution in [3.8, 4) is 0 Å². The molecule has 1 rings (SSSR count). The van der Waals surface area contributed by atoms with Gasteiger partial charge in [0.1, 0.15) is 12.4 Å².